The number of ether oxygens (including phenoxy) is 2. The fourth-order valence-electron chi connectivity index (χ4n) is 1.51. The minimum atomic E-state index is -0.173. The van der Waals surface area contributed by atoms with Gasteiger partial charge in [-0.05, 0) is 26.1 Å². The fourth-order valence-corrected chi connectivity index (χ4v) is 1.51. The summed E-state index contributed by atoms with van der Waals surface area (Å²) in [5, 5.41) is 5.89. The van der Waals surface area contributed by atoms with Crippen LogP contribution in [0.15, 0.2) is 18.2 Å². The third-order valence-electron chi connectivity index (χ3n) is 2.71. The van der Waals surface area contributed by atoms with Crippen molar-refractivity contribution in [2.24, 2.45) is 0 Å². The Morgan fingerprint density at radius 2 is 2.06 bits per heavy atom. The number of benzene rings is 1. The summed E-state index contributed by atoms with van der Waals surface area (Å²) in [4.78, 5) is 12.0. The minimum Gasteiger partial charge on any atom is -0.493 e. The summed E-state index contributed by atoms with van der Waals surface area (Å²) in [5.41, 5.74) is 0.472. The molecule has 1 unspecified atom stereocenters. The molecule has 1 amide bonds. The first-order valence-electron chi connectivity index (χ1n) is 5.80. The summed E-state index contributed by atoms with van der Waals surface area (Å²) < 4.78 is 10.4. The molecule has 0 aromatic heterocycles. The summed E-state index contributed by atoms with van der Waals surface area (Å²) in [6.07, 6.45) is 0. The van der Waals surface area contributed by atoms with Gasteiger partial charge >= 0.3 is 0 Å². The molecular weight excluding hydrogens is 232 g/mol. The molecule has 0 saturated carbocycles. The predicted octanol–water partition coefficient (Wildman–Crippen LogP) is 1.04. The molecule has 0 aliphatic carbocycles. The van der Waals surface area contributed by atoms with E-state index in [2.05, 4.69) is 10.6 Å². The van der Waals surface area contributed by atoms with Gasteiger partial charge in [0.25, 0.3) is 5.91 Å². The van der Waals surface area contributed by atoms with E-state index in [1.807, 2.05) is 14.0 Å². The van der Waals surface area contributed by atoms with Gasteiger partial charge in [0, 0.05) is 12.6 Å². The molecule has 2 N–H and O–H groups in total. The van der Waals surface area contributed by atoms with E-state index in [-0.39, 0.29) is 11.9 Å². The first-order chi connectivity index (χ1) is 8.63. The van der Waals surface area contributed by atoms with Crippen LogP contribution in [-0.4, -0.2) is 39.8 Å². The van der Waals surface area contributed by atoms with Gasteiger partial charge < -0.3 is 20.1 Å². The van der Waals surface area contributed by atoms with Crippen LogP contribution in [0.5, 0.6) is 11.5 Å². The van der Waals surface area contributed by atoms with Crippen LogP contribution in [-0.2, 0) is 0 Å². The number of likely N-dealkylation sites (N-methyl/N-ethyl adjacent to an activating group) is 1. The second-order valence-electron chi connectivity index (χ2n) is 3.94. The Labute approximate surface area is 107 Å². The quantitative estimate of drug-likeness (QED) is 0.794. The Bertz CT molecular complexity index is 407. The Morgan fingerprint density at radius 3 is 2.61 bits per heavy atom. The van der Waals surface area contributed by atoms with Crippen LogP contribution >= 0.6 is 0 Å². The maximum absolute atomic E-state index is 12.0. The number of nitrogens with one attached hydrogen (secondary N) is 2. The lowest BCUT2D eigenvalue weighted by molar-refractivity contribution is 0.0947. The number of carbonyl (C=O) groups is 1. The fraction of sp³-hybridized carbons (Fsp3) is 0.462. The van der Waals surface area contributed by atoms with E-state index in [0.717, 1.165) is 0 Å². The molecule has 100 valence electrons. The van der Waals surface area contributed by atoms with Crippen molar-refractivity contribution in [2.75, 3.05) is 27.8 Å². The zero-order valence-corrected chi connectivity index (χ0v) is 11.2. The number of methoxy groups -OCH3 is 2. The molecule has 0 radical (unpaired) electrons. The molecule has 0 fully saturated rings. The SMILES string of the molecule is CNC(C)CNC(=O)c1cccc(OC)c1OC. The molecule has 0 saturated heterocycles. The van der Waals surface area contributed by atoms with Crippen molar-refractivity contribution in [1.29, 1.82) is 0 Å². The molecule has 1 aromatic carbocycles. The molecular formula is C13H20N2O3. The highest BCUT2D eigenvalue weighted by Gasteiger charge is 2.16. The van der Waals surface area contributed by atoms with Gasteiger partial charge in [-0.2, -0.15) is 0 Å². The zero-order valence-electron chi connectivity index (χ0n) is 11.2. The van der Waals surface area contributed by atoms with Gasteiger partial charge in [0.2, 0.25) is 0 Å². The van der Waals surface area contributed by atoms with Gasteiger partial charge in [0.05, 0.1) is 19.8 Å². The van der Waals surface area contributed by atoms with E-state index in [4.69, 9.17) is 9.47 Å². The van der Waals surface area contributed by atoms with Crippen LogP contribution in [0, 0.1) is 0 Å². The molecule has 1 rings (SSSR count). The first kappa shape index (κ1) is 14.3. The maximum atomic E-state index is 12.0. The van der Waals surface area contributed by atoms with Gasteiger partial charge in [0.1, 0.15) is 0 Å². The average molecular weight is 252 g/mol. The highest BCUT2D eigenvalue weighted by atomic mass is 16.5. The lowest BCUT2D eigenvalue weighted by Crippen LogP contribution is -2.37. The normalized spacial score (nSPS) is 11.8. The van der Waals surface area contributed by atoms with Gasteiger partial charge in [-0.3, -0.25) is 4.79 Å². The smallest absolute Gasteiger partial charge is 0.255 e. The van der Waals surface area contributed by atoms with Crippen molar-refractivity contribution in [3.63, 3.8) is 0 Å². The molecule has 5 heteroatoms. The van der Waals surface area contributed by atoms with E-state index in [1.54, 1.807) is 25.3 Å². The number of amides is 1. The van der Waals surface area contributed by atoms with E-state index in [9.17, 15) is 4.79 Å². The number of carbonyl (C=O) groups excluding carboxylic acids is 1. The van der Waals surface area contributed by atoms with Crippen molar-refractivity contribution < 1.29 is 14.3 Å². The molecule has 0 aliphatic heterocycles. The van der Waals surface area contributed by atoms with Crippen LogP contribution in [0.25, 0.3) is 0 Å². The Hall–Kier alpha value is -1.75. The first-order valence-corrected chi connectivity index (χ1v) is 5.80. The van der Waals surface area contributed by atoms with Gasteiger partial charge in [-0.25, -0.2) is 0 Å². The molecule has 1 atom stereocenters. The third-order valence-corrected chi connectivity index (χ3v) is 2.71. The van der Waals surface area contributed by atoms with Gasteiger partial charge in [-0.1, -0.05) is 6.07 Å². The Kier molecular flexibility index (Phi) is 5.45. The number of para-hydroxylation sites is 1. The summed E-state index contributed by atoms with van der Waals surface area (Å²) in [7, 11) is 4.91. The van der Waals surface area contributed by atoms with Crippen LogP contribution in [0.1, 0.15) is 17.3 Å². The largest absolute Gasteiger partial charge is 0.493 e. The second kappa shape index (κ2) is 6.86. The summed E-state index contributed by atoms with van der Waals surface area (Å²) in [6, 6.07) is 5.44. The van der Waals surface area contributed by atoms with E-state index < -0.39 is 0 Å². The highest BCUT2D eigenvalue weighted by Crippen LogP contribution is 2.30. The van der Waals surface area contributed by atoms with Gasteiger partial charge in [0.15, 0.2) is 11.5 Å². The molecule has 18 heavy (non-hydrogen) atoms. The number of rotatable bonds is 6. The maximum Gasteiger partial charge on any atom is 0.255 e. The molecule has 0 spiro atoms. The highest BCUT2D eigenvalue weighted by molar-refractivity contribution is 5.97. The van der Waals surface area contributed by atoms with Crippen LogP contribution in [0.3, 0.4) is 0 Å². The monoisotopic (exact) mass is 252 g/mol. The molecule has 1 aromatic rings. The second-order valence-corrected chi connectivity index (χ2v) is 3.94. The van der Waals surface area contributed by atoms with E-state index in [0.29, 0.717) is 23.6 Å². The molecule has 5 nitrogen and oxygen atoms in total. The van der Waals surface area contributed by atoms with E-state index in [1.165, 1.54) is 7.11 Å². The summed E-state index contributed by atoms with van der Waals surface area (Å²) >= 11 is 0. The van der Waals surface area contributed by atoms with Crippen molar-refractivity contribution in [3.05, 3.63) is 23.8 Å². The topological polar surface area (TPSA) is 59.6 Å². The average Bonchev–Trinajstić information content (AvgIpc) is 2.42. The van der Waals surface area contributed by atoms with Crippen molar-refractivity contribution in [2.45, 2.75) is 13.0 Å². The Balaban J connectivity index is 2.85. The van der Waals surface area contributed by atoms with Gasteiger partial charge in [-0.15, -0.1) is 0 Å². The zero-order chi connectivity index (χ0) is 13.5. The van der Waals surface area contributed by atoms with Crippen LogP contribution in [0.4, 0.5) is 0 Å². The standard InChI is InChI=1S/C13H20N2O3/c1-9(14-2)8-15-13(16)10-6-5-7-11(17-3)12(10)18-4/h5-7,9,14H,8H2,1-4H3,(H,15,16). The predicted molar refractivity (Wildman–Crippen MR) is 70.4 cm³/mol. The van der Waals surface area contributed by atoms with Crippen LogP contribution < -0.4 is 20.1 Å². The van der Waals surface area contributed by atoms with Crippen molar-refractivity contribution >= 4 is 5.91 Å². The van der Waals surface area contributed by atoms with Crippen molar-refractivity contribution in [3.8, 4) is 11.5 Å². The third kappa shape index (κ3) is 3.37. The van der Waals surface area contributed by atoms with Crippen molar-refractivity contribution in [1.82, 2.24) is 10.6 Å². The summed E-state index contributed by atoms with van der Waals surface area (Å²) in [5.74, 6) is 0.828. The lowest BCUT2D eigenvalue weighted by Gasteiger charge is -2.14. The molecule has 0 aliphatic rings. The van der Waals surface area contributed by atoms with E-state index >= 15 is 0 Å². The number of hydrogen-bond acceptors (Lipinski definition) is 4. The molecule has 0 heterocycles. The Morgan fingerprint density at radius 1 is 1.33 bits per heavy atom. The molecule has 0 bridgehead atoms. The van der Waals surface area contributed by atoms with Crippen LogP contribution in [0.2, 0.25) is 0 Å². The lowest BCUT2D eigenvalue weighted by atomic mass is 10.1. The number of hydrogen-bond donors (Lipinski definition) is 2. The summed E-state index contributed by atoms with van der Waals surface area (Å²) in [6.45, 7) is 2.54. The minimum absolute atomic E-state index is 0.173.